The third-order valence-corrected chi connectivity index (χ3v) is 3.91. The molecule has 24 heavy (non-hydrogen) atoms. The van der Waals surface area contributed by atoms with Crippen LogP contribution in [0.15, 0.2) is 42.5 Å². The summed E-state index contributed by atoms with van der Waals surface area (Å²) in [4.78, 5) is 15.9. The van der Waals surface area contributed by atoms with Gasteiger partial charge < -0.3 is 9.58 Å². The van der Waals surface area contributed by atoms with Crippen LogP contribution in [0.5, 0.6) is 5.75 Å². The highest BCUT2D eigenvalue weighted by Gasteiger charge is 2.35. The van der Waals surface area contributed by atoms with Crippen molar-refractivity contribution in [3.8, 4) is 5.75 Å². The molecule has 0 aliphatic carbocycles. The highest BCUT2D eigenvalue weighted by molar-refractivity contribution is 6.32. The standard InChI is InChI=1S/C19H17ClFNO2/c1-13-4-6-14(7-5-13)17(23)11-19(2,22-3)12-24-18-9-8-15(21)10-16(18)20/h4-10H,11-12H2,1-2H3. The van der Waals surface area contributed by atoms with E-state index < -0.39 is 11.4 Å². The number of carbonyl (C=O) groups is 1. The average molecular weight is 346 g/mol. The molecule has 2 aromatic rings. The molecule has 0 aliphatic heterocycles. The second kappa shape index (κ2) is 7.46. The Morgan fingerprint density at radius 3 is 2.54 bits per heavy atom. The van der Waals surface area contributed by atoms with Gasteiger partial charge in [0.05, 0.1) is 11.4 Å². The second-order valence-corrected chi connectivity index (χ2v) is 6.35. The summed E-state index contributed by atoms with van der Waals surface area (Å²) in [6, 6.07) is 11.0. The topological polar surface area (TPSA) is 30.7 Å². The first-order valence-electron chi connectivity index (χ1n) is 7.39. The van der Waals surface area contributed by atoms with E-state index in [0.717, 1.165) is 11.6 Å². The van der Waals surface area contributed by atoms with Crippen molar-refractivity contribution in [3.63, 3.8) is 0 Å². The van der Waals surface area contributed by atoms with E-state index in [-0.39, 0.29) is 29.6 Å². The normalized spacial score (nSPS) is 13.0. The van der Waals surface area contributed by atoms with Crippen molar-refractivity contribution >= 4 is 17.4 Å². The number of ether oxygens (including phenoxy) is 1. The molecule has 0 radical (unpaired) electrons. The summed E-state index contributed by atoms with van der Waals surface area (Å²) < 4.78 is 18.6. The van der Waals surface area contributed by atoms with Crippen LogP contribution in [0, 0.1) is 19.3 Å². The Labute approximate surface area is 145 Å². The largest absolute Gasteiger partial charge is 0.484 e. The predicted octanol–water partition coefficient (Wildman–Crippen LogP) is 5.12. The molecule has 0 amide bonds. The molecule has 0 aliphatic rings. The van der Waals surface area contributed by atoms with E-state index in [0.29, 0.717) is 5.56 Å². The van der Waals surface area contributed by atoms with Gasteiger partial charge in [-0.1, -0.05) is 41.4 Å². The van der Waals surface area contributed by atoms with Crippen LogP contribution in [-0.2, 0) is 0 Å². The quantitative estimate of drug-likeness (QED) is 0.537. The van der Waals surface area contributed by atoms with E-state index in [1.54, 1.807) is 19.1 Å². The van der Waals surface area contributed by atoms with Gasteiger partial charge in [-0.3, -0.25) is 4.79 Å². The van der Waals surface area contributed by atoms with E-state index in [1.807, 2.05) is 19.1 Å². The highest BCUT2D eigenvalue weighted by atomic mass is 35.5. The van der Waals surface area contributed by atoms with Gasteiger partial charge in [-0.05, 0) is 25.1 Å². The summed E-state index contributed by atoms with van der Waals surface area (Å²) in [7, 11) is 0. The first-order valence-corrected chi connectivity index (χ1v) is 7.77. The molecule has 3 nitrogen and oxygen atoms in total. The van der Waals surface area contributed by atoms with Crippen LogP contribution < -0.4 is 4.74 Å². The van der Waals surface area contributed by atoms with Gasteiger partial charge in [0.25, 0.3) is 5.54 Å². The molecule has 0 spiro atoms. The molecule has 0 bridgehead atoms. The van der Waals surface area contributed by atoms with E-state index in [1.165, 1.54) is 12.1 Å². The lowest BCUT2D eigenvalue weighted by molar-refractivity contribution is 0.0948. The number of carbonyl (C=O) groups excluding carboxylic acids is 1. The summed E-state index contributed by atoms with van der Waals surface area (Å²) in [6.07, 6.45) is 0.0262. The van der Waals surface area contributed by atoms with Crippen molar-refractivity contribution in [2.24, 2.45) is 0 Å². The van der Waals surface area contributed by atoms with Crippen molar-refractivity contribution in [2.75, 3.05) is 6.61 Å². The van der Waals surface area contributed by atoms with Crippen molar-refractivity contribution in [3.05, 3.63) is 75.8 Å². The number of benzene rings is 2. The highest BCUT2D eigenvalue weighted by Crippen LogP contribution is 2.27. The number of rotatable bonds is 6. The zero-order chi connectivity index (χ0) is 17.7. The molecule has 1 unspecified atom stereocenters. The zero-order valence-electron chi connectivity index (χ0n) is 13.5. The molecular formula is C19H17ClFNO2. The van der Waals surface area contributed by atoms with Crippen LogP contribution in [0.2, 0.25) is 5.02 Å². The van der Waals surface area contributed by atoms with Crippen LogP contribution in [0.25, 0.3) is 4.85 Å². The number of ketones is 1. The molecule has 2 rings (SSSR count). The molecular weight excluding hydrogens is 329 g/mol. The van der Waals surface area contributed by atoms with Gasteiger partial charge in [0.2, 0.25) is 0 Å². The molecule has 124 valence electrons. The molecule has 0 saturated heterocycles. The number of halogens is 2. The SMILES string of the molecule is [C-]#[N+]C(C)(COc1ccc(F)cc1Cl)CC(=O)c1ccc(C)cc1. The van der Waals surface area contributed by atoms with E-state index in [4.69, 9.17) is 22.9 Å². The second-order valence-electron chi connectivity index (χ2n) is 5.94. The number of hydrogen-bond acceptors (Lipinski definition) is 2. The van der Waals surface area contributed by atoms with Gasteiger partial charge in [0, 0.05) is 12.5 Å². The molecule has 0 N–H and O–H groups in total. The monoisotopic (exact) mass is 345 g/mol. The van der Waals surface area contributed by atoms with Crippen molar-refractivity contribution < 1.29 is 13.9 Å². The molecule has 0 heterocycles. The smallest absolute Gasteiger partial charge is 0.270 e. The Morgan fingerprint density at radius 2 is 1.96 bits per heavy atom. The maximum absolute atomic E-state index is 13.0. The fourth-order valence-electron chi connectivity index (χ4n) is 2.14. The minimum atomic E-state index is -1.03. The lowest BCUT2D eigenvalue weighted by Crippen LogP contribution is -2.32. The van der Waals surface area contributed by atoms with Crippen molar-refractivity contribution in [2.45, 2.75) is 25.8 Å². The third kappa shape index (κ3) is 4.56. The van der Waals surface area contributed by atoms with Crippen LogP contribution in [0.3, 0.4) is 0 Å². The molecule has 2 aromatic carbocycles. The summed E-state index contributed by atoms with van der Waals surface area (Å²) in [5.41, 5.74) is 0.601. The Bertz CT molecular complexity index is 783. The minimum absolute atomic E-state index is 0.0144. The van der Waals surface area contributed by atoms with Crippen LogP contribution in [-0.4, -0.2) is 17.9 Å². The van der Waals surface area contributed by atoms with Crippen molar-refractivity contribution in [1.82, 2.24) is 0 Å². The van der Waals surface area contributed by atoms with Gasteiger partial charge in [-0.15, -0.1) is 0 Å². The van der Waals surface area contributed by atoms with Crippen LogP contribution >= 0.6 is 11.6 Å². The van der Waals surface area contributed by atoms with E-state index in [9.17, 15) is 9.18 Å². The van der Waals surface area contributed by atoms with E-state index >= 15 is 0 Å². The number of hydrogen-bond donors (Lipinski definition) is 0. The Balaban J connectivity index is 2.06. The lowest BCUT2D eigenvalue weighted by atomic mass is 9.93. The first-order chi connectivity index (χ1) is 11.3. The van der Waals surface area contributed by atoms with Crippen LogP contribution in [0.4, 0.5) is 4.39 Å². The Hall–Kier alpha value is -2.38. The maximum Gasteiger partial charge on any atom is 0.270 e. The minimum Gasteiger partial charge on any atom is -0.484 e. The molecule has 0 aromatic heterocycles. The summed E-state index contributed by atoms with van der Waals surface area (Å²) in [5, 5.41) is 0.132. The summed E-state index contributed by atoms with van der Waals surface area (Å²) in [6.45, 7) is 11.0. The Kier molecular flexibility index (Phi) is 5.58. The summed E-state index contributed by atoms with van der Waals surface area (Å²) in [5.74, 6) is -0.298. The van der Waals surface area contributed by atoms with Crippen LogP contribution in [0.1, 0.15) is 29.3 Å². The van der Waals surface area contributed by atoms with Gasteiger partial charge in [-0.2, -0.15) is 0 Å². The van der Waals surface area contributed by atoms with Crippen molar-refractivity contribution in [1.29, 1.82) is 0 Å². The third-order valence-electron chi connectivity index (χ3n) is 3.62. The Morgan fingerprint density at radius 1 is 1.29 bits per heavy atom. The van der Waals surface area contributed by atoms with Gasteiger partial charge >= 0.3 is 0 Å². The zero-order valence-corrected chi connectivity index (χ0v) is 14.2. The van der Waals surface area contributed by atoms with Gasteiger partial charge in [-0.25, -0.2) is 11.0 Å². The fourth-order valence-corrected chi connectivity index (χ4v) is 2.36. The number of nitrogens with zero attached hydrogens (tertiary/aromatic N) is 1. The number of aryl methyl sites for hydroxylation is 1. The molecule has 1 atom stereocenters. The van der Waals surface area contributed by atoms with Gasteiger partial charge in [0.1, 0.15) is 11.6 Å². The molecule has 5 heteroatoms. The van der Waals surface area contributed by atoms with E-state index in [2.05, 4.69) is 4.85 Å². The average Bonchev–Trinajstić information content (AvgIpc) is 2.54. The van der Waals surface area contributed by atoms with Gasteiger partial charge in [0.15, 0.2) is 12.4 Å². The number of Topliss-reactive ketones (excluding diaryl/α,β-unsaturated/α-hetero) is 1. The molecule has 0 saturated carbocycles. The summed E-state index contributed by atoms with van der Waals surface area (Å²) >= 11 is 5.91. The fraction of sp³-hybridized carbons (Fsp3) is 0.263. The lowest BCUT2D eigenvalue weighted by Gasteiger charge is -2.18. The first kappa shape index (κ1) is 18.0. The maximum atomic E-state index is 13.0. The predicted molar refractivity (Wildman–Crippen MR) is 92.0 cm³/mol. The molecule has 0 fully saturated rings.